The highest BCUT2D eigenvalue weighted by molar-refractivity contribution is 5.44. The van der Waals surface area contributed by atoms with Gasteiger partial charge in [-0.2, -0.15) is 5.10 Å². The van der Waals surface area contributed by atoms with Gasteiger partial charge in [0, 0.05) is 6.20 Å². The van der Waals surface area contributed by atoms with Crippen LogP contribution in [0.4, 0.5) is 5.69 Å². The van der Waals surface area contributed by atoms with Crippen LogP contribution in [0.25, 0.3) is 5.82 Å². The molecule has 0 aromatic carbocycles. The van der Waals surface area contributed by atoms with E-state index in [0.29, 0.717) is 0 Å². The van der Waals surface area contributed by atoms with Crippen molar-refractivity contribution < 1.29 is 0 Å². The molecule has 2 aromatic rings. The van der Waals surface area contributed by atoms with Gasteiger partial charge in [-0.05, 0) is 18.6 Å². The van der Waals surface area contributed by atoms with Gasteiger partial charge in [0.2, 0.25) is 0 Å². The fourth-order valence-corrected chi connectivity index (χ4v) is 1.55. The average molecular weight is 202 g/mol. The molecule has 0 saturated carbocycles. The summed E-state index contributed by atoms with van der Waals surface area (Å²) in [6.45, 7) is 2.12. The number of anilines is 1. The first-order chi connectivity index (χ1) is 7.33. The third-order valence-corrected chi connectivity index (χ3v) is 2.25. The summed E-state index contributed by atoms with van der Waals surface area (Å²) in [6.07, 6.45) is 5.40. The number of nitrogens with two attached hydrogens (primary N) is 1. The van der Waals surface area contributed by atoms with E-state index in [1.807, 2.05) is 18.2 Å². The predicted octanol–water partition coefficient (Wildman–Crippen LogP) is 1.80. The first-order valence-corrected chi connectivity index (χ1v) is 5.06. The van der Waals surface area contributed by atoms with E-state index < -0.39 is 0 Å². The topological polar surface area (TPSA) is 56.7 Å². The minimum atomic E-state index is 0.738. The largest absolute Gasteiger partial charge is 0.396 e. The summed E-state index contributed by atoms with van der Waals surface area (Å²) >= 11 is 0. The third-order valence-electron chi connectivity index (χ3n) is 2.25. The Morgan fingerprint density at radius 1 is 1.40 bits per heavy atom. The van der Waals surface area contributed by atoms with Crippen molar-refractivity contribution in [3.8, 4) is 5.82 Å². The quantitative estimate of drug-likeness (QED) is 0.825. The fourth-order valence-electron chi connectivity index (χ4n) is 1.55. The molecule has 0 saturated heterocycles. The second-order valence-electron chi connectivity index (χ2n) is 3.40. The lowest BCUT2D eigenvalue weighted by atomic mass is 10.2. The minimum Gasteiger partial charge on any atom is -0.396 e. The van der Waals surface area contributed by atoms with Gasteiger partial charge in [0.05, 0.1) is 17.6 Å². The van der Waals surface area contributed by atoms with E-state index in [9.17, 15) is 0 Å². The van der Waals surface area contributed by atoms with Crippen LogP contribution in [0.2, 0.25) is 0 Å². The van der Waals surface area contributed by atoms with E-state index in [1.165, 1.54) is 0 Å². The van der Waals surface area contributed by atoms with Gasteiger partial charge in [-0.25, -0.2) is 9.67 Å². The number of aromatic nitrogens is 3. The van der Waals surface area contributed by atoms with Crippen LogP contribution < -0.4 is 5.73 Å². The van der Waals surface area contributed by atoms with Gasteiger partial charge >= 0.3 is 0 Å². The first kappa shape index (κ1) is 9.71. The van der Waals surface area contributed by atoms with Crippen LogP contribution in [0, 0.1) is 0 Å². The molecule has 0 atom stereocenters. The molecule has 78 valence electrons. The zero-order chi connectivity index (χ0) is 10.7. The molecule has 0 unspecified atom stereocenters. The van der Waals surface area contributed by atoms with E-state index in [2.05, 4.69) is 17.0 Å². The maximum absolute atomic E-state index is 5.85. The van der Waals surface area contributed by atoms with Crippen molar-refractivity contribution in [2.45, 2.75) is 19.8 Å². The molecule has 2 N–H and O–H groups in total. The lowest BCUT2D eigenvalue weighted by Gasteiger charge is -2.05. The molecule has 4 heteroatoms. The van der Waals surface area contributed by atoms with Crippen molar-refractivity contribution in [3.05, 3.63) is 36.3 Å². The molecule has 0 aliphatic carbocycles. The highest BCUT2D eigenvalue weighted by atomic mass is 15.3. The average Bonchev–Trinajstić information content (AvgIpc) is 2.63. The van der Waals surface area contributed by atoms with Crippen molar-refractivity contribution in [2.75, 3.05) is 5.73 Å². The van der Waals surface area contributed by atoms with Gasteiger partial charge in [-0.15, -0.1) is 0 Å². The smallest absolute Gasteiger partial charge is 0.153 e. The van der Waals surface area contributed by atoms with E-state index in [4.69, 9.17) is 5.73 Å². The first-order valence-electron chi connectivity index (χ1n) is 5.06. The molecular weight excluding hydrogens is 188 g/mol. The van der Waals surface area contributed by atoms with Crippen LogP contribution in [0.5, 0.6) is 0 Å². The standard InChI is InChI=1S/C11H14N4/c1-2-5-10-9(12)8-14-15(10)11-6-3-4-7-13-11/h3-4,6-8H,2,5,12H2,1H3. The van der Waals surface area contributed by atoms with Crippen LogP contribution in [0.15, 0.2) is 30.6 Å². The Balaban J connectivity index is 2.44. The summed E-state index contributed by atoms with van der Waals surface area (Å²) in [7, 11) is 0. The van der Waals surface area contributed by atoms with E-state index in [-0.39, 0.29) is 0 Å². The van der Waals surface area contributed by atoms with Crippen molar-refractivity contribution in [1.82, 2.24) is 14.8 Å². The van der Waals surface area contributed by atoms with Gasteiger partial charge in [-0.3, -0.25) is 0 Å². The Kier molecular flexibility index (Phi) is 2.67. The minimum absolute atomic E-state index is 0.738. The molecule has 0 amide bonds. The molecule has 0 radical (unpaired) electrons. The van der Waals surface area contributed by atoms with Crippen LogP contribution in [0.1, 0.15) is 19.0 Å². The van der Waals surface area contributed by atoms with Gasteiger partial charge in [0.25, 0.3) is 0 Å². The fraction of sp³-hybridized carbons (Fsp3) is 0.273. The Bertz CT molecular complexity index is 433. The second-order valence-corrected chi connectivity index (χ2v) is 3.40. The molecule has 2 aromatic heterocycles. The van der Waals surface area contributed by atoms with Crippen molar-refractivity contribution in [3.63, 3.8) is 0 Å². The number of nitrogens with zero attached hydrogens (tertiary/aromatic N) is 3. The summed E-state index contributed by atoms with van der Waals surface area (Å²) in [6, 6.07) is 5.75. The number of hydrogen-bond donors (Lipinski definition) is 1. The Labute approximate surface area is 88.8 Å². The monoisotopic (exact) mass is 202 g/mol. The van der Waals surface area contributed by atoms with Gasteiger partial charge < -0.3 is 5.73 Å². The molecular formula is C11H14N4. The molecule has 0 bridgehead atoms. The molecule has 0 spiro atoms. The number of nitrogen functional groups attached to an aromatic ring is 1. The van der Waals surface area contributed by atoms with Gasteiger partial charge in [0.1, 0.15) is 0 Å². The molecule has 0 aliphatic heterocycles. The van der Waals surface area contributed by atoms with Crippen LogP contribution in [-0.2, 0) is 6.42 Å². The van der Waals surface area contributed by atoms with Crippen LogP contribution in [0.3, 0.4) is 0 Å². The second kappa shape index (κ2) is 4.13. The van der Waals surface area contributed by atoms with Crippen molar-refractivity contribution in [2.24, 2.45) is 0 Å². The molecule has 4 nitrogen and oxygen atoms in total. The number of rotatable bonds is 3. The Hall–Kier alpha value is -1.84. The van der Waals surface area contributed by atoms with Crippen LogP contribution in [-0.4, -0.2) is 14.8 Å². The molecule has 2 heterocycles. The zero-order valence-electron chi connectivity index (χ0n) is 8.72. The van der Waals surface area contributed by atoms with Crippen molar-refractivity contribution in [1.29, 1.82) is 0 Å². The molecule has 0 aliphatic rings. The summed E-state index contributed by atoms with van der Waals surface area (Å²) in [5.41, 5.74) is 7.63. The highest BCUT2D eigenvalue weighted by Crippen LogP contribution is 2.16. The predicted molar refractivity (Wildman–Crippen MR) is 59.8 cm³/mol. The Morgan fingerprint density at radius 3 is 2.93 bits per heavy atom. The maximum atomic E-state index is 5.85. The molecule has 2 rings (SSSR count). The zero-order valence-corrected chi connectivity index (χ0v) is 8.72. The van der Waals surface area contributed by atoms with Gasteiger partial charge in [-0.1, -0.05) is 19.4 Å². The lowest BCUT2D eigenvalue weighted by Crippen LogP contribution is -2.05. The summed E-state index contributed by atoms with van der Waals surface area (Å²) < 4.78 is 1.80. The van der Waals surface area contributed by atoms with E-state index in [1.54, 1.807) is 17.1 Å². The third kappa shape index (κ3) is 1.83. The molecule has 15 heavy (non-hydrogen) atoms. The highest BCUT2D eigenvalue weighted by Gasteiger charge is 2.08. The Morgan fingerprint density at radius 2 is 2.27 bits per heavy atom. The van der Waals surface area contributed by atoms with Crippen molar-refractivity contribution >= 4 is 5.69 Å². The lowest BCUT2D eigenvalue weighted by molar-refractivity contribution is 0.759. The molecule has 0 fully saturated rings. The van der Waals surface area contributed by atoms with E-state index >= 15 is 0 Å². The maximum Gasteiger partial charge on any atom is 0.153 e. The number of pyridine rings is 1. The number of hydrogen-bond acceptors (Lipinski definition) is 3. The van der Waals surface area contributed by atoms with Gasteiger partial charge in [0.15, 0.2) is 5.82 Å². The van der Waals surface area contributed by atoms with E-state index in [0.717, 1.165) is 30.0 Å². The SMILES string of the molecule is CCCc1c(N)cnn1-c1ccccn1. The van der Waals surface area contributed by atoms with Crippen LogP contribution >= 0.6 is 0 Å². The summed E-state index contributed by atoms with van der Waals surface area (Å²) in [5.74, 6) is 0.817. The summed E-state index contributed by atoms with van der Waals surface area (Å²) in [4.78, 5) is 4.25. The normalized spacial score (nSPS) is 10.5. The summed E-state index contributed by atoms with van der Waals surface area (Å²) in [5, 5.41) is 4.23.